The average molecular weight is 693 g/mol. The molecule has 6 unspecified atom stereocenters. The van der Waals surface area contributed by atoms with Crippen LogP contribution in [0, 0.1) is 5.92 Å². The largest absolute Gasteiger partial charge is 0.491 e. The number of nitrogens with zero attached hydrogens (tertiary/aromatic N) is 2. The summed E-state index contributed by atoms with van der Waals surface area (Å²) in [4.78, 5) is 60.2. The summed E-state index contributed by atoms with van der Waals surface area (Å²) in [5, 5.41) is 21.0. The zero-order valence-corrected chi connectivity index (χ0v) is 27.7. The Balaban J connectivity index is 1.55. The van der Waals surface area contributed by atoms with Crippen molar-refractivity contribution in [2.45, 2.75) is 29.6 Å². The number of cyclic esters (lactones) is 1. The summed E-state index contributed by atoms with van der Waals surface area (Å²) in [6, 6.07) is 28.2. The van der Waals surface area contributed by atoms with E-state index in [4.69, 9.17) is 18.9 Å². The van der Waals surface area contributed by atoms with E-state index in [1.54, 1.807) is 53.4 Å². The summed E-state index contributed by atoms with van der Waals surface area (Å²) in [6.07, 6.45) is -1.93. The van der Waals surface area contributed by atoms with Crippen LogP contribution in [0.1, 0.15) is 40.4 Å². The average Bonchev–Trinajstić information content (AvgIpc) is 3.61. The van der Waals surface area contributed by atoms with E-state index in [0.717, 1.165) is 4.90 Å². The third-order valence-corrected chi connectivity index (χ3v) is 9.89. The van der Waals surface area contributed by atoms with Crippen molar-refractivity contribution in [2.75, 3.05) is 38.4 Å². The molecule has 0 radical (unpaired) electrons. The Morgan fingerprint density at radius 2 is 1.45 bits per heavy atom. The van der Waals surface area contributed by atoms with Gasteiger partial charge in [-0.05, 0) is 28.8 Å². The standard InChI is InChI=1S/C39H36N2O10/c1-48-22-23-50-38(47)40-28-18-10-9-17-27(28)39(37(40)46)30(35(43)44)32-36(45)51-33(25-14-6-3-7-15-25)31(24-12-4-2-5-13-24)41(32)34(39)26-16-8-11-19-29(26)49-21-20-42/h2-19,30-34,42H,20-23H2,1H3,(H,43,44). The highest BCUT2D eigenvalue weighted by molar-refractivity contribution is 6.23. The lowest BCUT2D eigenvalue weighted by Crippen LogP contribution is -2.53. The van der Waals surface area contributed by atoms with Gasteiger partial charge in [-0.3, -0.25) is 19.3 Å². The number of para-hydroxylation sites is 2. The molecule has 4 aromatic rings. The van der Waals surface area contributed by atoms with E-state index in [0.29, 0.717) is 16.7 Å². The minimum absolute atomic E-state index is 0.0673. The maximum atomic E-state index is 15.4. The molecular formula is C39H36N2O10. The number of carboxylic acid groups (broad SMARTS) is 1. The first-order valence-corrected chi connectivity index (χ1v) is 16.6. The molecule has 0 aliphatic carbocycles. The Bertz CT molecular complexity index is 1940. The summed E-state index contributed by atoms with van der Waals surface area (Å²) < 4.78 is 22.8. The van der Waals surface area contributed by atoms with Crippen LogP contribution in [0.25, 0.3) is 0 Å². The van der Waals surface area contributed by atoms with Crippen LogP contribution in [-0.4, -0.2) is 78.6 Å². The number of morpholine rings is 1. The maximum absolute atomic E-state index is 15.4. The molecule has 262 valence electrons. The van der Waals surface area contributed by atoms with Crippen molar-refractivity contribution < 1.29 is 48.3 Å². The number of aliphatic hydroxyl groups excluding tert-OH is 1. The number of carboxylic acids is 1. The number of ether oxygens (including phenoxy) is 4. The highest BCUT2D eigenvalue weighted by atomic mass is 16.6. The van der Waals surface area contributed by atoms with Gasteiger partial charge in [0, 0.05) is 12.7 Å². The molecule has 2 N–H and O–H groups in total. The second-order valence-corrected chi connectivity index (χ2v) is 12.5. The second-order valence-electron chi connectivity index (χ2n) is 12.5. The first-order valence-electron chi connectivity index (χ1n) is 16.6. The Kier molecular flexibility index (Phi) is 9.30. The summed E-state index contributed by atoms with van der Waals surface area (Å²) >= 11 is 0. The van der Waals surface area contributed by atoms with Crippen LogP contribution in [0.3, 0.4) is 0 Å². The Hall–Kier alpha value is -5.56. The fourth-order valence-electron chi connectivity index (χ4n) is 8.06. The molecule has 6 atom stereocenters. The monoisotopic (exact) mass is 692 g/mol. The van der Waals surface area contributed by atoms with Gasteiger partial charge in [-0.2, -0.15) is 0 Å². The zero-order chi connectivity index (χ0) is 35.7. The van der Waals surface area contributed by atoms with E-state index in [-0.39, 0.29) is 43.4 Å². The highest BCUT2D eigenvalue weighted by Gasteiger charge is 2.76. The molecule has 0 aromatic heterocycles. The van der Waals surface area contributed by atoms with Gasteiger partial charge in [0.15, 0.2) is 0 Å². The van der Waals surface area contributed by atoms with Crippen molar-refractivity contribution in [1.29, 1.82) is 0 Å². The van der Waals surface area contributed by atoms with Crippen molar-refractivity contribution in [1.82, 2.24) is 4.90 Å². The zero-order valence-electron chi connectivity index (χ0n) is 27.7. The quantitative estimate of drug-likeness (QED) is 0.177. The molecule has 0 bridgehead atoms. The van der Waals surface area contributed by atoms with Crippen LogP contribution in [0.2, 0.25) is 0 Å². The number of rotatable bonds is 10. The Morgan fingerprint density at radius 3 is 2.14 bits per heavy atom. The first kappa shape index (κ1) is 33.9. The van der Waals surface area contributed by atoms with Crippen LogP contribution < -0.4 is 9.64 Å². The van der Waals surface area contributed by atoms with Gasteiger partial charge < -0.3 is 29.2 Å². The van der Waals surface area contributed by atoms with Crippen molar-refractivity contribution in [3.63, 3.8) is 0 Å². The molecule has 12 nitrogen and oxygen atoms in total. The number of benzene rings is 4. The molecule has 1 spiro atoms. The van der Waals surface area contributed by atoms with Gasteiger partial charge in [0.05, 0.1) is 31.0 Å². The van der Waals surface area contributed by atoms with E-state index < -0.39 is 59.5 Å². The lowest BCUT2D eigenvalue weighted by molar-refractivity contribution is -0.179. The molecule has 51 heavy (non-hydrogen) atoms. The Labute approximate surface area is 293 Å². The van der Waals surface area contributed by atoms with E-state index >= 15 is 4.79 Å². The van der Waals surface area contributed by atoms with Crippen LogP contribution in [0.15, 0.2) is 109 Å². The molecule has 2 saturated heterocycles. The number of fused-ring (bicyclic) bond motifs is 3. The fraction of sp³-hybridized carbons (Fsp3) is 0.282. The smallest absolute Gasteiger partial charge is 0.421 e. The molecule has 2 fully saturated rings. The maximum Gasteiger partial charge on any atom is 0.421 e. The number of anilines is 1. The first-order chi connectivity index (χ1) is 24.9. The van der Waals surface area contributed by atoms with Crippen molar-refractivity contribution in [3.8, 4) is 5.75 Å². The van der Waals surface area contributed by atoms with Crippen LogP contribution in [0.4, 0.5) is 10.5 Å². The number of carbonyl (C=O) groups is 4. The number of hydrogen-bond donors (Lipinski definition) is 2. The number of hydrogen-bond acceptors (Lipinski definition) is 10. The fourth-order valence-corrected chi connectivity index (χ4v) is 8.06. The van der Waals surface area contributed by atoms with Gasteiger partial charge in [-0.15, -0.1) is 0 Å². The minimum Gasteiger partial charge on any atom is -0.491 e. The minimum atomic E-state index is -2.08. The number of aliphatic hydroxyl groups is 1. The van der Waals surface area contributed by atoms with E-state index in [1.807, 2.05) is 60.7 Å². The molecular weight excluding hydrogens is 656 g/mol. The normalized spacial score (nSPS) is 25.3. The topological polar surface area (TPSA) is 152 Å². The number of methoxy groups -OCH3 is 1. The second kappa shape index (κ2) is 14.0. The molecule has 3 aliphatic rings. The van der Waals surface area contributed by atoms with Gasteiger partial charge in [0.25, 0.3) is 0 Å². The lowest BCUT2D eigenvalue weighted by Gasteiger charge is -2.46. The van der Waals surface area contributed by atoms with Crippen molar-refractivity contribution in [2.24, 2.45) is 5.92 Å². The highest BCUT2D eigenvalue weighted by Crippen LogP contribution is 2.66. The molecule has 3 heterocycles. The summed E-state index contributed by atoms with van der Waals surface area (Å²) in [6.45, 7) is -0.500. The van der Waals surface area contributed by atoms with E-state index in [2.05, 4.69) is 0 Å². The van der Waals surface area contributed by atoms with Crippen molar-refractivity contribution >= 4 is 29.6 Å². The molecule has 4 aromatic carbocycles. The van der Waals surface area contributed by atoms with E-state index in [9.17, 15) is 24.6 Å². The molecule has 3 aliphatic heterocycles. The summed E-state index contributed by atoms with van der Waals surface area (Å²) in [5.74, 6) is -4.60. The molecule has 2 amide bonds. The van der Waals surface area contributed by atoms with Gasteiger partial charge in [-0.1, -0.05) is 97.1 Å². The van der Waals surface area contributed by atoms with Crippen molar-refractivity contribution in [3.05, 3.63) is 131 Å². The number of amides is 2. The summed E-state index contributed by atoms with van der Waals surface area (Å²) in [7, 11) is 1.44. The number of carbonyl (C=O) groups excluding carboxylic acids is 3. The van der Waals surface area contributed by atoms with Crippen LogP contribution in [-0.2, 0) is 34.0 Å². The molecule has 12 heteroatoms. The predicted molar refractivity (Wildman–Crippen MR) is 182 cm³/mol. The SMILES string of the molecule is COCCOC(=O)N1C(=O)C2(c3ccccc31)C(C(=O)O)C1C(=O)OC(c3ccccc3)C(c3ccccc3)N1C2c1ccccc1OCCO. The lowest BCUT2D eigenvalue weighted by atomic mass is 9.65. The third-order valence-electron chi connectivity index (χ3n) is 9.89. The third kappa shape index (κ3) is 5.43. The Morgan fingerprint density at radius 1 is 0.804 bits per heavy atom. The number of imide groups is 1. The molecule has 0 saturated carbocycles. The molecule has 7 rings (SSSR count). The number of aliphatic carboxylic acids is 1. The van der Waals surface area contributed by atoms with Gasteiger partial charge >= 0.3 is 18.0 Å². The van der Waals surface area contributed by atoms with Gasteiger partial charge in [-0.25, -0.2) is 9.69 Å². The number of esters is 1. The van der Waals surface area contributed by atoms with Gasteiger partial charge in [0.1, 0.15) is 42.4 Å². The van der Waals surface area contributed by atoms with E-state index in [1.165, 1.54) is 7.11 Å². The van der Waals surface area contributed by atoms with Crippen LogP contribution in [0.5, 0.6) is 5.75 Å². The van der Waals surface area contributed by atoms with Crippen LogP contribution >= 0.6 is 0 Å². The summed E-state index contributed by atoms with van der Waals surface area (Å²) in [5.41, 5.74) is 0.0515. The van der Waals surface area contributed by atoms with Gasteiger partial charge in [0.2, 0.25) is 5.91 Å². The predicted octanol–water partition coefficient (Wildman–Crippen LogP) is 4.59.